The van der Waals surface area contributed by atoms with Crippen molar-refractivity contribution in [2.24, 2.45) is 0 Å². The first-order valence-electron chi connectivity index (χ1n) is 9.73. The minimum Gasteiger partial charge on any atom is -0.482 e. The molecule has 3 amide bonds. The van der Waals surface area contributed by atoms with Gasteiger partial charge in [0.25, 0.3) is 0 Å². The molecule has 1 heterocycles. The molecule has 1 aromatic rings. The third kappa shape index (κ3) is 7.46. The van der Waals surface area contributed by atoms with Crippen LogP contribution in [0.1, 0.15) is 46.0 Å². The normalized spacial score (nSPS) is 18.1. The molecule has 1 aromatic carbocycles. The number of urea groups is 1. The van der Waals surface area contributed by atoms with E-state index in [-0.39, 0.29) is 30.6 Å². The summed E-state index contributed by atoms with van der Waals surface area (Å²) < 4.78 is 10.1. The Labute approximate surface area is 165 Å². The number of hydrogen-bond donors (Lipinski definition) is 3. The molecule has 0 saturated carbocycles. The summed E-state index contributed by atoms with van der Waals surface area (Å²) in [6.07, 6.45) is 4.07. The molecule has 3 N–H and O–H groups in total. The molecule has 28 heavy (non-hydrogen) atoms. The van der Waals surface area contributed by atoms with Crippen molar-refractivity contribution in [1.29, 1.82) is 0 Å². The molecule has 2 unspecified atom stereocenters. The Balaban J connectivity index is 1.59. The van der Waals surface area contributed by atoms with Crippen molar-refractivity contribution >= 4 is 23.6 Å². The second-order valence-electron chi connectivity index (χ2n) is 6.78. The van der Waals surface area contributed by atoms with E-state index in [4.69, 9.17) is 9.47 Å². The van der Waals surface area contributed by atoms with E-state index in [9.17, 15) is 14.4 Å². The van der Waals surface area contributed by atoms with Gasteiger partial charge in [0.2, 0.25) is 5.91 Å². The highest BCUT2D eigenvalue weighted by Gasteiger charge is 2.26. The topological polar surface area (TPSA) is 106 Å². The van der Waals surface area contributed by atoms with Crippen LogP contribution in [0.15, 0.2) is 24.3 Å². The monoisotopic (exact) mass is 391 g/mol. The van der Waals surface area contributed by atoms with Crippen molar-refractivity contribution in [2.45, 2.75) is 58.0 Å². The molecule has 8 heteroatoms. The van der Waals surface area contributed by atoms with Crippen LogP contribution in [-0.4, -0.2) is 43.2 Å². The number of carbonyl (C=O) groups excluding carboxylic acids is 3. The summed E-state index contributed by atoms with van der Waals surface area (Å²) >= 11 is 0. The molecule has 154 valence electrons. The molecule has 0 spiro atoms. The van der Waals surface area contributed by atoms with Crippen LogP contribution in [-0.2, 0) is 14.3 Å². The van der Waals surface area contributed by atoms with Crippen LogP contribution < -0.4 is 20.7 Å². The van der Waals surface area contributed by atoms with Crippen molar-refractivity contribution in [2.75, 3.05) is 18.5 Å². The van der Waals surface area contributed by atoms with E-state index >= 15 is 0 Å². The van der Waals surface area contributed by atoms with Crippen molar-refractivity contribution in [1.82, 2.24) is 10.6 Å². The summed E-state index contributed by atoms with van der Waals surface area (Å²) in [5.74, 6) is 0.0825. The van der Waals surface area contributed by atoms with Crippen molar-refractivity contribution in [3.8, 4) is 5.75 Å². The van der Waals surface area contributed by atoms with E-state index in [0.29, 0.717) is 24.5 Å². The average Bonchev–Trinajstić information content (AvgIpc) is 2.98. The van der Waals surface area contributed by atoms with Crippen molar-refractivity contribution in [3.63, 3.8) is 0 Å². The van der Waals surface area contributed by atoms with Gasteiger partial charge in [0.1, 0.15) is 5.75 Å². The Morgan fingerprint density at radius 3 is 2.50 bits per heavy atom. The molecule has 0 bridgehead atoms. The highest BCUT2D eigenvalue weighted by Crippen LogP contribution is 2.17. The number of carbonyl (C=O) groups is 3. The van der Waals surface area contributed by atoms with Crippen LogP contribution in [0.5, 0.6) is 5.75 Å². The predicted molar refractivity (Wildman–Crippen MR) is 105 cm³/mol. The highest BCUT2D eigenvalue weighted by molar-refractivity contribution is 5.90. The molecule has 0 aromatic heterocycles. The zero-order chi connectivity index (χ0) is 20.4. The van der Waals surface area contributed by atoms with Crippen LogP contribution in [0.4, 0.5) is 10.5 Å². The number of unbranched alkanes of at least 4 members (excludes halogenated alkanes) is 2. The third-order valence-electron chi connectivity index (χ3n) is 4.50. The molecule has 8 nitrogen and oxygen atoms in total. The quantitative estimate of drug-likeness (QED) is 0.397. The zero-order valence-electron chi connectivity index (χ0n) is 16.5. The molecule has 1 fully saturated rings. The summed E-state index contributed by atoms with van der Waals surface area (Å²) in [6.45, 7) is 3.91. The van der Waals surface area contributed by atoms with Crippen LogP contribution in [0.3, 0.4) is 0 Å². The first-order valence-corrected chi connectivity index (χ1v) is 9.73. The smallest absolute Gasteiger partial charge is 0.344 e. The van der Waals surface area contributed by atoms with Gasteiger partial charge in [-0.15, -0.1) is 0 Å². The van der Waals surface area contributed by atoms with Gasteiger partial charge in [-0.3, -0.25) is 4.79 Å². The molecular formula is C20H29N3O5. The number of anilines is 1. The number of nitrogens with one attached hydrogen (secondary N) is 3. The fourth-order valence-electron chi connectivity index (χ4n) is 2.99. The number of amides is 3. The summed E-state index contributed by atoms with van der Waals surface area (Å²) in [7, 11) is 0. The Morgan fingerprint density at radius 1 is 1.11 bits per heavy atom. The lowest BCUT2D eigenvalue weighted by Gasteiger charge is -2.13. The van der Waals surface area contributed by atoms with Gasteiger partial charge < -0.3 is 25.4 Å². The van der Waals surface area contributed by atoms with Gasteiger partial charge >= 0.3 is 12.0 Å². The number of esters is 1. The maximum atomic E-state index is 12.0. The number of hydrogen-bond acceptors (Lipinski definition) is 5. The largest absolute Gasteiger partial charge is 0.482 e. The standard InChI is InChI=1S/C20H29N3O5/c1-3-27-19(25)13-28-16-11-9-15(10-12-16)22-18(24)8-6-4-5-7-17-14(2)21-20(26)23-17/h9-12,14,17H,3-8,13H2,1-2H3,(H,22,24)(H2,21,23,26). The van der Waals surface area contributed by atoms with Crippen LogP contribution in [0.25, 0.3) is 0 Å². The Bertz CT molecular complexity index is 662. The molecule has 0 radical (unpaired) electrons. The molecule has 2 atom stereocenters. The van der Waals surface area contributed by atoms with Gasteiger partial charge in [0, 0.05) is 18.2 Å². The van der Waals surface area contributed by atoms with Crippen LogP contribution in [0, 0.1) is 0 Å². The SMILES string of the molecule is CCOC(=O)COc1ccc(NC(=O)CCCCCC2NC(=O)NC2C)cc1. The zero-order valence-corrected chi connectivity index (χ0v) is 16.5. The Morgan fingerprint density at radius 2 is 1.86 bits per heavy atom. The Hall–Kier alpha value is -2.77. The summed E-state index contributed by atoms with van der Waals surface area (Å²) in [6, 6.07) is 7.07. The lowest BCUT2D eigenvalue weighted by Crippen LogP contribution is -2.30. The van der Waals surface area contributed by atoms with Gasteiger partial charge in [0.05, 0.1) is 12.6 Å². The molecule has 1 aliphatic heterocycles. The summed E-state index contributed by atoms with van der Waals surface area (Å²) in [5.41, 5.74) is 0.682. The lowest BCUT2D eigenvalue weighted by atomic mass is 10.0. The van der Waals surface area contributed by atoms with Crippen molar-refractivity contribution in [3.05, 3.63) is 24.3 Å². The first kappa shape index (κ1) is 21.5. The van der Waals surface area contributed by atoms with Gasteiger partial charge in [-0.2, -0.15) is 0 Å². The molecule has 2 rings (SSSR count). The van der Waals surface area contributed by atoms with Crippen molar-refractivity contribution < 1.29 is 23.9 Å². The minimum atomic E-state index is -0.416. The average molecular weight is 391 g/mol. The number of rotatable bonds is 11. The second-order valence-corrected chi connectivity index (χ2v) is 6.78. The van der Waals surface area contributed by atoms with E-state index in [2.05, 4.69) is 16.0 Å². The second kappa shape index (κ2) is 11.2. The van der Waals surface area contributed by atoms with E-state index in [1.807, 2.05) is 6.92 Å². The molecule has 1 aliphatic rings. The predicted octanol–water partition coefficient (Wildman–Crippen LogP) is 2.59. The van der Waals surface area contributed by atoms with E-state index in [1.165, 1.54) is 0 Å². The van der Waals surface area contributed by atoms with Crippen LogP contribution in [0.2, 0.25) is 0 Å². The maximum absolute atomic E-state index is 12.0. The van der Waals surface area contributed by atoms with Gasteiger partial charge in [-0.25, -0.2) is 9.59 Å². The molecule has 1 saturated heterocycles. The minimum absolute atomic E-state index is 0.0376. The fourth-order valence-corrected chi connectivity index (χ4v) is 2.99. The number of ether oxygens (including phenoxy) is 2. The third-order valence-corrected chi connectivity index (χ3v) is 4.50. The molecule has 0 aliphatic carbocycles. The first-order chi connectivity index (χ1) is 13.5. The summed E-state index contributed by atoms with van der Waals surface area (Å²) in [5, 5.41) is 8.57. The van der Waals surface area contributed by atoms with Gasteiger partial charge in [0.15, 0.2) is 6.61 Å². The lowest BCUT2D eigenvalue weighted by molar-refractivity contribution is -0.145. The fraction of sp³-hybridized carbons (Fsp3) is 0.550. The molecular weight excluding hydrogens is 362 g/mol. The summed E-state index contributed by atoms with van der Waals surface area (Å²) in [4.78, 5) is 34.5. The van der Waals surface area contributed by atoms with E-state index in [1.54, 1.807) is 31.2 Å². The van der Waals surface area contributed by atoms with Gasteiger partial charge in [-0.1, -0.05) is 12.8 Å². The maximum Gasteiger partial charge on any atom is 0.344 e. The highest BCUT2D eigenvalue weighted by atomic mass is 16.6. The van der Waals surface area contributed by atoms with Gasteiger partial charge in [-0.05, 0) is 51.0 Å². The van der Waals surface area contributed by atoms with Crippen LogP contribution >= 0.6 is 0 Å². The van der Waals surface area contributed by atoms with E-state index in [0.717, 1.165) is 25.7 Å². The number of benzene rings is 1. The Kier molecular flexibility index (Phi) is 8.58. The van der Waals surface area contributed by atoms with E-state index < -0.39 is 5.97 Å².